The lowest BCUT2D eigenvalue weighted by Crippen LogP contribution is -2.42. The summed E-state index contributed by atoms with van der Waals surface area (Å²) in [6, 6.07) is 4.42. The number of likely N-dealkylation sites (tertiary alicyclic amines) is 1. The molecule has 1 fully saturated rings. The molecule has 0 saturated carbocycles. The van der Waals surface area contributed by atoms with E-state index in [1.165, 1.54) is 19.4 Å². The van der Waals surface area contributed by atoms with Gasteiger partial charge in [0.2, 0.25) is 5.88 Å². The summed E-state index contributed by atoms with van der Waals surface area (Å²) < 4.78 is 5.65. The fourth-order valence-corrected chi connectivity index (χ4v) is 2.96. The lowest BCUT2D eigenvalue weighted by Gasteiger charge is -2.23. The van der Waals surface area contributed by atoms with Gasteiger partial charge in [0.25, 0.3) is 0 Å². The second kappa shape index (κ2) is 10.2. The van der Waals surface area contributed by atoms with Gasteiger partial charge in [0.1, 0.15) is 6.61 Å². The molecule has 1 unspecified atom stereocenters. The van der Waals surface area contributed by atoms with Crippen molar-refractivity contribution in [2.24, 2.45) is 10.7 Å². The average molecular weight is 348 g/mol. The number of nitrogens with zero attached hydrogens (tertiary/aromatic N) is 4. The van der Waals surface area contributed by atoms with Gasteiger partial charge in [0.05, 0.1) is 6.54 Å². The number of aliphatic imine (C=N–C) groups is 1. The number of nitrogens with two attached hydrogens (primary N) is 1. The fourth-order valence-electron chi connectivity index (χ4n) is 2.96. The van der Waals surface area contributed by atoms with Crippen molar-refractivity contribution in [3.05, 3.63) is 23.9 Å². The third-order valence-electron chi connectivity index (χ3n) is 4.44. The quantitative estimate of drug-likeness (QED) is 0.510. The zero-order valence-corrected chi connectivity index (χ0v) is 15.7. The number of hydrogen-bond acceptors (Lipinski definition) is 5. The summed E-state index contributed by atoms with van der Waals surface area (Å²) >= 11 is 0. The third-order valence-corrected chi connectivity index (χ3v) is 4.44. The van der Waals surface area contributed by atoms with Gasteiger partial charge in [0, 0.05) is 31.4 Å². The molecule has 3 N–H and O–H groups in total. The molecule has 0 amide bonds. The lowest BCUT2D eigenvalue weighted by atomic mass is 10.2. The minimum absolute atomic E-state index is 0.495. The summed E-state index contributed by atoms with van der Waals surface area (Å²) in [6.07, 6.45) is 4.24. The number of guanidine groups is 1. The van der Waals surface area contributed by atoms with Crippen LogP contribution in [0.15, 0.2) is 23.3 Å². The predicted molar refractivity (Wildman–Crippen MR) is 102 cm³/mol. The molecule has 0 bridgehead atoms. The molecule has 1 saturated heterocycles. The van der Waals surface area contributed by atoms with Crippen LogP contribution in [-0.2, 0) is 6.54 Å². The highest BCUT2D eigenvalue weighted by Crippen LogP contribution is 2.15. The zero-order chi connectivity index (χ0) is 18.1. The summed E-state index contributed by atoms with van der Waals surface area (Å²) in [7, 11) is 4.03. The molecule has 2 rings (SSSR count). The number of nitrogens with one attached hydrogen (secondary N) is 1. The van der Waals surface area contributed by atoms with Crippen LogP contribution in [0.3, 0.4) is 0 Å². The third kappa shape index (κ3) is 6.88. The molecule has 2 heterocycles. The van der Waals surface area contributed by atoms with Crippen molar-refractivity contribution in [3.8, 4) is 5.88 Å². The van der Waals surface area contributed by atoms with Crippen molar-refractivity contribution in [2.45, 2.75) is 32.4 Å². The standard InChI is InChI=1S/C18H32N6O/c1-4-24-9-5-6-16(24)14-22-18(19)21-13-15-7-8-20-17(12-15)25-11-10-23(2)3/h7-8,12,16H,4-6,9-11,13-14H2,1-3H3,(H3,19,21,22). The van der Waals surface area contributed by atoms with Gasteiger partial charge < -0.3 is 20.7 Å². The van der Waals surface area contributed by atoms with Gasteiger partial charge in [-0.3, -0.25) is 4.90 Å². The van der Waals surface area contributed by atoms with E-state index in [0.717, 1.165) is 25.2 Å². The van der Waals surface area contributed by atoms with E-state index in [4.69, 9.17) is 10.5 Å². The highest BCUT2D eigenvalue weighted by Gasteiger charge is 2.22. The molecule has 7 heteroatoms. The molecule has 7 nitrogen and oxygen atoms in total. The summed E-state index contributed by atoms with van der Waals surface area (Å²) in [5.41, 5.74) is 7.04. The topological polar surface area (TPSA) is 79.0 Å². The van der Waals surface area contributed by atoms with Crippen LogP contribution in [-0.4, -0.2) is 73.7 Å². The molecule has 1 aromatic heterocycles. The molecular weight excluding hydrogens is 316 g/mol. The van der Waals surface area contributed by atoms with E-state index in [1.54, 1.807) is 6.20 Å². The van der Waals surface area contributed by atoms with E-state index >= 15 is 0 Å². The Balaban J connectivity index is 1.77. The first-order chi connectivity index (χ1) is 12.1. The van der Waals surface area contributed by atoms with E-state index in [2.05, 4.69) is 32.0 Å². The van der Waals surface area contributed by atoms with E-state index in [1.807, 2.05) is 26.2 Å². The molecule has 1 aliphatic rings. The average Bonchev–Trinajstić information content (AvgIpc) is 3.06. The number of rotatable bonds is 9. The molecule has 1 aliphatic heterocycles. The van der Waals surface area contributed by atoms with Crippen LogP contribution in [0.4, 0.5) is 0 Å². The number of ether oxygens (including phenoxy) is 1. The minimum Gasteiger partial charge on any atom is -0.476 e. The second-order valence-corrected chi connectivity index (χ2v) is 6.66. The van der Waals surface area contributed by atoms with Gasteiger partial charge >= 0.3 is 0 Å². The van der Waals surface area contributed by atoms with E-state index in [-0.39, 0.29) is 0 Å². The maximum atomic E-state index is 6.01. The van der Waals surface area contributed by atoms with Crippen LogP contribution in [0.2, 0.25) is 0 Å². The monoisotopic (exact) mass is 348 g/mol. The molecule has 25 heavy (non-hydrogen) atoms. The SMILES string of the molecule is CCN1CCCC1CNC(N)=NCc1ccnc(OCCN(C)C)c1. The summed E-state index contributed by atoms with van der Waals surface area (Å²) in [5, 5.41) is 3.25. The highest BCUT2D eigenvalue weighted by atomic mass is 16.5. The molecule has 0 aliphatic carbocycles. The normalized spacial score (nSPS) is 18.7. The number of aromatic nitrogens is 1. The van der Waals surface area contributed by atoms with Crippen LogP contribution in [0.25, 0.3) is 0 Å². The van der Waals surface area contributed by atoms with Gasteiger partial charge in [-0.1, -0.05) is 6.92 Å². The molecule has 1 atom stereocenters. The summed E-state index contributed by atoms with van der Waals surface area (Å²) in [4.78, 5) is 13.2. The first-order valence-corrected chi connectivity index (χ1v) is 9.08. The van der Waals surface area contributed by atoms with Crippen LogP contribution in [0, 0.1) is 0 Å². The number of pyridine rings is 1. The number of likely N-dealkylation sites (N-methyl/N-ethyl adjacent to an activating group) is 2. The maximum absolute atomic E-state index is 6.01. The van der Waals surface area contributed by atoms with E-state index in [9.17, 15) is 0 Å². The summed E-state index contributed by atoms with van der Waals surface area (Å²) in [6.45, 7) is 7.34. The van der Waals surface area contributed by atoms with Gasteiger partial charge in [-0.2, -0.15) is 0 Å². The van der Waals surface area contributed by atoms with Crippen LogP contribution < -0.4 is 15.8 Å². The number of hydrogen-bond donors (Lipinski definition) is 2. The molecular formula is C18H32N6O. The molecule has 0 spiro atoms. The van der Waals surface area contributed by atoms with Crippen molar-refractivity contribution in [3.63, 3.8) is 0 Å². The first kappa shape index (κ1) is 19.5. The molecule has 1 aromatic rings. The van der Waals surface area contributed by atoms with E-state index < -0.39 is 0 Å². The van der Waals surface area contributed by atoms with Gasteiger partial charge in [-0.25, -0.2) is 9.98 Å². The van der Waals surface area contributed by atoms with Crippen molar-refractivity contribution in [1.82, 2.24) is 20.1 Å². The lowest BCUT2D eigenvalue weighted by molar-refractivity contribution is 0.253. The van der Waals surface area contributed by atoms with Crippen molar-refractivity contribution in [1.29, 1.82) is 0 Å². The fraction of sp³-hybridized carbons (Fsp3) is 0.667. The van der Waals surface area contributed by atoms with Crippen LogP contribution in [0.5, 0.6) is 5.88 Å². The summed E-state index contributed by atoms with van der Waals surface area (Å²) in [5.74, 6) is 1.13. The Morgan fingerprint density at radius 3 is 3.12 bits per heavy atom. The Labute approximate surface area is 151 Å². The van der Waals surface area contributed by atoms with Crippen molar-refractivity contribution < 1.29 is 4.74 Å². The molecule has 0 radical (unpaired) electrons. The Morgan fingerprint density at radius 1 is 1.52 bits per heavy atom. The first-order valence-electron chi connectivity index (χ1n) is 9.08. The van der Waals surface area contributed by atoms with Gasteiger partial charge in [-0.15, -0.1) is 0 Å². The van der Waals surface area contributed by atoms with Crippen molar-refractivity contribution >= 4 is 5.96 Å². The molecule has 140 valence electrons. The largest absolute Gasteiger partial charge is 0.476 e. The highest BCUT2D eigenvalue weighted by molar-refractivity contribution is 5.77. The zero-order valence-electron chi connectivity index (χ0n) is 15.7. The maximum Gasteiger partial charge on any atom is 0.213 e. The Kier molecular flexibility index (Phi) is 7.94. The Hall–Kier alpha value is -1.86. The predicted octanol–water partition coefficient (Wildman–Crippen LogP) is 0.911. The van der Waals surface area contributed by atoms with Gasteiger partial charge in [0.15, 0.2) is 5.96 Å². The van der Waals surface area contributed by atoms with E-state index in [0.29, 0.717) is 31.0 Å². The minimum atomic E-state index is 0.495. The smallest absolute Gasteiger partial charge is 0.213 e. The van der Waals surface area contributed by atoms with Crippen molar-refractivity contribution in [2.75, 3.05) is 46.9 Å². The molecule has 0 aromatic carbocycles. The van der Waals surface area contributed by atoms with Crippen LogP contribution >= 0.6 is 0 Å². The van der Waals surface area contributed by atoms with Gasteiger partial charge in [-0.05, 0) is 51.7 Å². The Bertz CT molecular complexity index is 548. The Morgan fingerprint density at radius 2 is 2.36 bits per heavy atom. The van der Waals surface area contributed by atoms with Crippen LogP contribution in [0.1, 0.15) is 25.3 Å². The second-order valence-electron chi connectivity index (χ2n) is 6.66.